The number of nitrogens with zero attached hydrogens (tertiary/aromatic N) is 3. The van der Waals surface area contributed by atoms with Crippen LogP contribution < -0.4 is 5.73 Å². The Bertz CT molecular complexity index is 465. The van der Waals surface area contributed by atoms with E-state index in [1.54, 1.807) is 12.4 Å². The summed E-state index contributed by atoms with van der Waals surface area (Å²) in [4.78, 5) is 8.35. The molecule has 2 rings (SSSR count). The lowest BCUT2D eigenvalue weighted by Crippen LogP contribution is -2.15. The monoisotopic (exact) mass is 206 g/mol. The van der Waals surface area contributed by atoms with Gasteiger partial charge in [-0.25, -0.2) is 4.98 Å². The molecule has 0 aliphatic heterocycles. The Morgan fingerprint density at radius 3 is 3.13 bits per heavy atom. The molecule has 3 N–H and O–H groups in total. The molecule has 0 saturated heterocycles. The molecule has 0 radical (unpaired) electrons. The second kappa shape index (κ2) is 3.96. The summed E-state index contributed by atoms with van der Waals surface area (Å²) in [6, 6.07) is -0.188. The third-order valence-corrected chi connectivity index (χ3v) is 2.44. The van der Waals surface area contributed by atoms with E-state index in [-0.39, 0.29) is 12.6 Å². The van der Waals surface area contributed by atoms with Crippen molar-refractivity contribution in [1.82, 2.24) is 14.4 Å². The van der Waals surface area contributed by atoms with Gasteiger partial charge in [0.1, 0.15) is 0 Å². The number of hydrogen-bond acceptors (Lipinski definition) is 4. The van der Waals surface area contributed by atoms with Crippen molar-refractivity contribution < 1.29 is 5.11 Å². The number of imidazole rings is 1. The van der Waals surface area contributed by atoms with Crippen LogP contribution in [0, 0.1) is 6.92 Å². The highest BCUT2D eigenvalue weighted by molar-refractivity contribution is 5.41. The zero-order chi connectivity index (χ0) is 10.8. The van der Waals surface area contributed by atoms with Crippen LogP contribution in [0.5, 0.6) is 0 Å². The third-order valence-electron chi connectivity index (χ3n) is 2.44. The Morgan fingerprint density at radius 1 is 1.60 bits per heavy atom. The lowest BCUT2D eigenvalue weighted by molar-refractivity contribution is 0.275. The number of aryl methyl sites for hydroxylation is 1. The maximum atomic E-state index is 8.88. The summed E-state index contributed by atoms with van der Waals surface area (Å²) < 4.78 is 1.92. The van der Waals surface area contributed by atoms with Gasteiger partial charge in [-0.05, 0) is 13.3 Å². The van der Waals surface area contributed by atoms with Crippen molar-refractivity contribution in [2.24, 2.45) is 5.73 Å². The highest BCUT2D eigenvalue weighted by atomic mass is 16.3. The van der Waals surface area contributed by atoms with Crippen molar-refractivity contribution in [3.05, 3.63) is 30.0 Å². The van der Waals surface area contributed by atoms with Gasteiger partial charge in [-0.3, -0.25) is 9.38 Å². The molecule has 5 nitrogen and oxygen atoms in total. The first-order valence-corrected chi connectivity index (χ1v) is 4.89. The van der Waals surface area contributed by atoms with Gasteiger partial charge in [0.15, 0.2) is 5.65 Å². The molecule has 0 aliphatic rings. The molecule has 2 aromatic heterocycles. The fourth-order valence-corrected chi connectivity index (χ4v) is 1.77. The van der Waals surface area contributed by atoms with E-state index >= 15 is 0 Å². The van der Waals surface area contributed by atoms with E-state index in [0.717, 1.165) is 17.0 Å². The molecule has 2 aromatic rings. The summed E-state index contributed by atoms with van der Waals surface area (Å²) in [7, 11) is 0. The molecule has 0 aromatic carbocycles. The van der Waals surface area contributed by atoms with E-state index < -0.39 is 0 Å². The van der Waals surface area contributed by atoms with E-state index in [2.05, 4.69) is 9.97 Å². The first-order chi connectivity index (χ1) is 7.24. The summed E-state index contributed by atoms with van der Waals surface area (Å²) in [5, 5.41) is 8.88. The summed E-state index contributed by atoms with van der Waals surface area (Å²) >= 11 is 0. The molecule has 0 spiro atoms. The fourth-order valence-electron chi connectivity index (χ4n) is 1.77. The van der Waals surface area contributed by atoms with Gasteiger partial charge in [-0.15, -0.1) is 0 Å². The number of aliphatic hydroxyl groups is 1. The molecular weight excluding hydrogens is 192 g/mol. The normalized spacial score (nSPS) is 13.3. The molecule has 0 saturated carbocycles. The Labute approximate surface area is 87.6 Å². The van der Waals surface area contributed by atoms with Crippen LogP contribution in [0.3, 0.4) is 0 Å². The Morgan fingerprint density at radius 2 is 2.40 bits per heavy atom. The van der Waals surface area contributed by atoms with Crippen molar-refractivity contribution in [1.29, 1.82) is 0 Å². The van der Waals surface area contributed by atoms with Crippen LogP contribution in [0.15, 0.2) is 18.6 Å². The topological polar surface area (TPSA) is 76.4 Å². The molecule has 80 valence electrons. The summed E-state index contributed by atoms with van der Waals surface area (Å²) in [5.41, 5.74) is 8.60. The van der Waals surface area contributed by atoms with Crippen molar-refractivity contribution in [2.75, 3.05) is 6.61 Å². The first kappa shape index (κ1) is 10.1. The Kier molecular flexibility index (Phi) is 2.66. The molecule has 0 amide bonds. The third kappa shape index (κ3) is 1.71. The number of aliphatic hydroxyl groups excluding tert-OH is 1. The van der Waals surface area contributed by atoms with Gasteiger partial charge in [0.25, 0.3) is 0 Å². The number of hydrogen-bond donors (Lipinski definition) is 2. The molecule has 0 fully saturated rings. The summed E-state index contributed by atoms with van der Waals surface area (Å²) in [6.07, 6.45) is 5.77. The van der Waals surface area contributed by atoms with Crippen LogP contribution in [0.1, 0.15) is 23.9 Å². The highest BCUT2D eigenvalue weighted by Crippen LogP contribution is 2.19. The van der Waals surface area contributed by atoms with Crippen LogP contribution in [0.25, 0.3) is 5.65 Å². The van der Waals surface area contributed by atoms with E-state index in [0.29, 0.717) is 6.42 Å². The first-order valence-electron chi connectivity index (χ1n) is 4.89. The summed E-state index contributed by atoms with van der Waals surface area (Å²) in [5.74, 6) is 0. The van der Waals surface area contributed by atoms with Crippen LogP contribution in [-0.2, 0) is 0 Å². The number of nitrogens with two attached hydrogens (primary N) is 1. The van der Waals surface area contributed by atoms with Crippen LogP contribution in [-0.4, -0.2) is 26.1 Å². The van der Waals surface area contributed by atoms with E-state index in [1.165, 1.54) is 0 Å². The van der Waals surface area contributed by atoms with Crippen LogP contribution >= 0.6 is 0 Å². The Hall–Kier alpha value is -1.46. The zero-order valence-corrected chi connectivity index (χ0v) is 8.59. The maximum Gasteiger partial charge on any atom is 0.155 e. The largest absolute Gasteiger partial charge is 0.396 e. The standard InChI is InChI=1S/C10H14N4O/c1-7-10(8(11)2-5-15)14-4-3-12-6-9(14)13-7/h3-4,6,8,15H,2,5,11H2,1H3. The predicted molar refractivity (Wildman–Crippen MR) is 56.4 cm³/mol. The van der Waals surface area contributed by atoms with E-state index in [1.807, 2.05) is 17.5 Å². The zero-order valence-electron chi connectivity index (χ0n) is 8.59. The van der Waals surface area contributed by atoms with Gasteiger partial charge >= 0.3 is 0 Å². The van der Waals surface area contributed by atoms with Gasteiger partial charge in [0.2, 0.25) is 0 Å². The van der Waals surface area contributed by atoms with Gasteiger partial charge in [-0.2, -0.15) is 0 Å². The lowest BCUT2D eigenvalue weighted by atomic mass is 10.1. The van der Waals surface area contributed by atoms with Crippen molar-refractivity contribution in [3.63, 3.8) is 0 Å². The van der Waals surface area contributed by atoms with Gasteiger partial charge in [-0.1, -0.05) is 0 Å². The minimum atomic E-state index is -0.188. The number of aromatic nitrogens is 3. The lowest BCUT2D eigenvalue weighted by Gasteiger charge is -2.10. The van der Waals surface area contributed by atoms with Gasteiger partial charge in [0, 0.05) is 25.0 Å². The summed E-state index contributed by atoms with van der Waals surface area (Å²) in [6.45, 7) is 2.00. The minimum Gasteiger partial charge on any atom is -0.396 e. The van der Waals surface area contributed by atoms with Crippen molar-refractivity contribution in [3.8, 4) is 0 Å². The minimum absolute atomic E-state index is 0.0823. The highest BCUT2D eigenvalue weighted by Gasteiger charge is 2.14. The number of rotatable bonds is 3. The van der Waals surface area contributed by atoms with E-state index in [4.69, 9.17) is 10.8 Å². The van der Waals surface area contributed by atoms with Crippen molar-refractivity contribution in [2.45, 2.75) is 19.4 Å². The average Bonchev–Trinajstić information content (AvgIpc) is 2.54. The molecule has 1 atom stereocenters. The Balaban J connectivity index is 2.53. The molecule has 1 unspecified atom stereocenters. The maximum absolute atomic E-state index is 8.88. The quantitative estimate of drug-likeness (QED) is 0.763. The van der Waals surface area contributed by atoms with Gasteiger partial charge < -0.3 is 10.8 Å². The SMILES string of the molecule is Cc1nc2cnccn2c1C(N)CCO. The fraction of sp³-hybridized carbons (Fsp3) is 0.400. The second-order valence-electron chi connectivity index (χ2n) is 3.51. The molecular formula is C10H14N4O. The average molecular weight is 206 g/mol. The van der Waals surface area contributed by atoms with Gasteiger partial charge in [0.05, 0.1) is 17.6 Å². The smallest absolute Gasteiger partial charge is 0.155 e. The second-order valence-corrected chi connectivity index (χ2v) is 3.51. The molecule has 0 bridgehead atoms. The molecule has 5 heteroatoms. The van der Waals surface area contributed by atoms with Crippen molar-refractivity contribution >= 4 is 5.65 Å². The van der Waals surface area contributed by atoms with Crippen LogP contribution in [0.4, 0.5) is 0 Å². The molecule has 15 heavy (non-hydrogen) atoms. The molecule has 2 heterocycles. The van der Waals surface area contributed by atoms with Crippen LogP contribution in [0.2, 0.25) is 0 Å². The molecule has 0 aliphatic carbocycles. The number of fused-ring (bicyclic) bond motifs is 1. The van der Waals surface area contributed by atoms with E-state index in [9.17, 15) is 0 Å². The predicted octanol–water partition coefficient (Wildman–Crippen LogP) is 0.420.